The summed E-state index contributed by atoms with van der Waals surface area (Å²) < 4.78 is 0. The molecule has 0 spiro atoms. The Morgan fingerprint density at radius 1 is 0.818 bits per heavy atom. The summed E-state index contributed by atoms with van der Waals surface area (Å²) in [6.07, 6.45) is 0.122. The van der Waals surface area contributed by atoms with E-state index in [-0.39, 0.29) is 12.1 Å². The third-order valence-corrected chi connectivity index (χ3v) is 7.34. The van der Waals surface area contributed by atoms with Crippen LogP contribution in [0.2, 0.25) is 0 Å². The van der Waals surface area contributed by atoms with Gasteiger partial charge in [-0.05, 0) is 48.1 Å². The van der Waals surface area contributed by atoms with Gasteiger partial charge in [-0.3, -0.25) is 19.7 Å². The van der Waals surface area contributed by atoms with Gasteiger partial charge in [-0.1, -0.05) is 60.2 Å². The lowest BCUT2D eigenvalue weighted by atomic mass is 9.98. The molecular weight excluding hydrogens is 408 g/mol. The third kappa shape index (κ3) is 3.76. The van der Waals surface area contributed by atoms with E-state index in [9.17, 15) is 4.79 Å². The number of hydrogen-bond donors (Lipinski definition) is 0. The van der Waals surface area contributed by atoms with Crippen LogP contribution in [0.5, 0.6) is 0 Å². The van der Waals surface area contributed by atoms with Crippen molar-refractivity contribution < 1.29 is 4.79 Å². The van der Waals surface area contributed by atoms with E-state index in [4.69, 9.17) is 9.98 Å². The molecule has 0 aliphatic carbocycles. The number of nitrogens with zero attached hydrogens (tertiary/aromatic N) is 4. The molecule has 3 aliphatic heterocycles. The van der Waals surface area contributed by atoms with E-state index >= 15 is 0 Å². The molecule has 166 valence electrons. The fourth-order valence-electron chi connectivity index (χ4n) is 5.55. The highest BCUT2D eigenvalue weighted by Crippen LogP contribution is 2.34. The molecule has 3 aliphatic rings. The van der Waals surface area contributed by atoms with Gasteiger partial charge < -0.3 is 4.90 Å². The molecule has 5 heteroatoms. The second-order valence-electron chi connectivity index (χ2n) is 9.53. The number of likely N-dealkylation sites (tertiary alicyclic amines) is 2. The summed E-state index contributed by atoms with van der Waals surface area (Å²) in [6.45, 7) is 6.43. The van der Waals surface area contributed by atoms with Gasteiger partial charge in [0.05, 0.1) is 17.3 Å². The zero-order chi connectivity index (χ0) is 22.4. The fourth-order valence-corrected chi connectivity index (χ4v) is 5.55. The first-order chi connectivity index (χ1) is 16.2. The summed E-state index contributed by atoms with van der Waals surface area (Å²) in [7, 11) is 0. The predicted octanol–water partition coefficient (Wildman–Crippen LogP) is 2.94. The Kier molecular flexibility index (Phi) is 5.07. The van der Waals surface area contributed by atoms with Crippen LogP contribution in [0.4, 0.5) is 0 Å². The van der Waals surface area contributed by atoms with Crippen LogP contribution in [0.3, 0.4) is 0 Å². The van der Waals surface area contributed by atoms with Crippen LogP contribution in [-0.4, -0.2) is 54.6 Å². The van der Waals surface area contributed by atoms with Crippen LogP contribution >= 0.6 is 0 Å². The molecule has 3 aromatic rings. The van der Waals surface area contributed by atoms with E-state index in [1.54, 1.807) is 0 Å². The Bertz CT molecular complexity index is 1300. The normalized spacial score (nSPS) is 24.0. The van der Waals surface area contributed by atoms with E-state index in [0.29, 0.717) is 11.8 Å². The molecule has 0 radical (unpaired) electrons. The van der Waals surface area contributed by atoms with Crippen molar-refractivity contribution in [3.63, 3.8) is 0 Å². The van der Waals surface area contributed by atoms with Gasteiger partial charge >= 0.3 is 0 Å². The highest BCUT2D eigenvalue weighted by atomic mass is 16.2. The molecule has 3 heterocycles. The SMILES string of the molecule is Cc1ccc(-c2ccccc2C(=O)N2CC3CN(C4CN=c5ccccc5=N4)CC3C2)cc1. The standard InChI is InChI=1S/C28H28N4O/c1-19-10-12-20(13-11-19)23-6-2-3-7-24(23)28(33)32-17-21-15-31(16-22(21)18-32)27-14-29-25-8-4-5-9-26(25)30-27/h2-13,21-22,27H,14-18H2,1H3. The molecule has 3 atom stereocenters. The highest BCUT2D eigenvalue weighted by Gasteiger charge is 2.43. The molecule has 2 saturated heterocycles. The number of amides is 1. The predicted molar refractivity (Wildman–Crippen MR) is 128 cm³/mol. The van der Waals surface area contributed by atoms with Crippen molar-refractivity contribution in [2.24, 2.45) is 21.8 Å². The van der Waals surface area contributed by atoms with Crippen LogP contribution in [0.1, 0.15) is 15.9 Å². The topological polar surface area (TPSA) is 48.3 Å². The van der Waals surface area contributed by atoms with E-state index in [0.717, 1.165) is 60.1 Å². The number of carbonyl (C=O) groups excluding carboxylic acids is 1. The van der Waals surface area contributed by atoms with Crippen LogP contribution < -0.4 is 10.7 Å². The Balaban J connectivity index is 1.17. The van der Waals surface area contributed by atoms with Gasteiger partial charge in [-0.2, -0.15) is 0 Å². The summed E-state index contributed by atoms with van der Waals surface area (Å²) in [5.74, 6) is 1.17. The molecular formula is C28H28N4O. The average Bonchev–Trinajstić information content (AvgIpc) is 3.44. The summed E-state index contributed by atoms with van der Waals surface area (Å²) in [4.78, 5) is 27.8. The molecule has 2 fully saturated rings. The van der Waals surface area contributed by atoms with Gasteiger partial charge in [-0.15, -0.1) is 0 Å². The number of carbonyl (C=O) groups is 1. The van der Waals surface area contributed by atoms with Crippen molar-refractivity contribution in [2.45, 2.75) is 13.1 Å². The summed E-state index contributed by atoms with van der Waals surface area (Å²) in [5, 5.41) is 1.99. The Morgan fingerprint density at radius 2 is 1.48 bits per heavy atom. The van der Waals surface area contributed by atoms with E-state index in [1.165, 1.54) is 5.56 Å². The fraction of sp³-hybridized carbons (Fsp3) is 0.321. The third-order valence-electron chi connectivity index (χ3n) is 7.34. The van der Waals surface area contributed by atoms with Crippen LogP contribution in [0.15, 0.2) is 82.8 Å². The van der Waals surface area contributed by atoms with Crippen LogP contribution in [0.25, 0.3) is 11.1 Å². The maximum atomic E-state index is 13.5. The molecule has 0 aromatic heterocycles. The number of para-hydroxylation sites is 2. The van der Waals surface area contributed by atoms with Crippen molar-refractivity contribution in [3.05, 3.63) is 94.6 Å². The number of hydrogen-bond acceptors (Lipinski definition) is 4. The molecule has 0 saturated carbocycles. The molecule has 3 aromatic carbocycles. The Labute approximate surface area is 194 Å². The van der Waals surface area contributed by atoms with Gasteiger partial charge in [0.25, 0.3) is 5.91 Å². The van der Waals surface area contributed by atoms with Crippen LogP contribution in [0, 0.1) is 18.8 Å². The number of fused-ring (bicyclic) bond motifs is 2. The second kappa shape index (κ2) is 8.23. The number of benzene rings is 3. The van der Waals surface area contributed by atoms with Crippen molar-refractivity contribution in [3.8, 4) is 11.1 Å². The quantitative estimate of drug-likeness (QED) is 0.634. The molecule has 33 heavy (non-hydrogen) atoms. The first kappa shape index (κ1) is 20.3. The highest BCUT2D eigenvalue weighted by molar-refractivity contribution is 6.01. The lowest BCUT2D eigenvalue weighted by molar-refractivity contribution is 0.0770. The summed E-state index contributed by atoms with van der Waals surface area (Å²) in [5.41, 5.74) is 4.14. The molecule has 0 bridgehead atoms. The number of aryl methyl sites for hydroxylation is 1. The Hall–Kier alpha value is -3.31. The van der Waals surface area contributed by atoms with Crippen molar-refractivity contribution in [2.75, 3.05) is 32.7 Å². The Morgan fingerprint density at radius 3 is 2.24 bits per heavy atom. The van der Waals surface area contributed by atoms with Crippen LogP contribution in [-0.2, 0) is 0 Å². The lowest BCUT2D eigenvalue weighted by Crippen LogP contribution is -2.43. The molecule has 1 amide bonds. The average molecular weight is 437 g/mol. The first-order valence-electron chi connectivity index (χ1n) is 11.8. The molecule has 6 rings (SSSR count). The summed E-state index contributed by atoms with van der Waals surface area (Å²) in [6, 6.07) is 24.6. The van der Waals surface area contributed by atoms with Crippen molar-refractivity contribution in [1.82, 2.24) is 9.80 Å². The largest absolute Gasteiger partial charge is 0.338 e. The van der Waals surface area contributed by atoms with Gasteiger partial charge in [-0.25, -0.2) is 0 Å². The van der Waals surface area contributed by atoms with Crippen molar-refractivity contribution >= 4 is 5.91 Å². The lowest BCUT2D eigenvalue weighted by Gasteiger charge is -2.27. The van der Waals surface area contributed by atoms with Gasteiger partial charge in [0, 0.05) is 31.7 Å². The zero-order valence-corrected chi connectivity index (χ0v) is 18.9. The molecule has 3 unspecified atom stereocenters. The molecule has 0 N–H and O–H groups in total. The monoisotopic (exact) mass is 436 g/mol. The van der Waals surface area contributed by atoms with Gasteiger partial charge in [0.15, 0.2) is 0 Å². The van der Waals surface area contributed by atoms with E-state index in [1.807, 2.05) is 42.5 Å². The van der Waals surface area contributed by atoms with Gasteiger partial charge in [0.1, 0.15) is 6.17 Å². The minimum absolute atomic E-state index is 0.122. The second-order valence-corrected chi connectivity index (χ2v) is 9.53. The minimum atomic E-state index is 0.122. The maximum Gasteiger partial charge on any atom is 0.254 e. The number of rotatable bonds is 3. The van der Waals surface area contributed by atoms with E-state index < -0.39 is 0 Å². The smallest absolute Gasteiger partial charge is 0.254 e. The van der Waals surface area contributed by atoms with E-state index in [2.05, 4.69) is 47.1 Å². The maximum absolute atomic E-state index is 13.5. The first-order valence-corrected chi connectivity index (χ1v) is 11.8. The van der Waals surface area contributed by atoms with Crippen molar-refractivity contribution in [1.29, 1.82) is 0 Å². The van der Waals surface area contributed by atoms with Gasteiger partial charge in [0.2, 0.25) is 0 Å². The molecule has 5 nitrogen and oxygen atoms in total. The minimum Gasteiger partial charge on any atom is -0.338 e. The zero-order valence-electron chi connectivity index (χ0n) is 18.9. The summed E-state index contributed by atoms with van der Waals surface area (Å²) >= 11 is 0.